The molecule has 0 unspecified atom stereocenters. The fourth-order valence-electron chi connectivity index (χ4n) is 3.66. The first kappa shape index (κ1) is 20.7. The van der Waals surface area contributed by atoms with Gasteiger partial charge in [-0.3, -0.25) is 0 Å². The highest BCUT2D eigenvalue weighted by Gasteiger charge is 2.20. The quantitative estimate of drug-likeness (QED) is 0.455. The van der Waals surface area contributed by atoms with Crippen LogP contribution in [0.4, 0.5) is 11.6 Å². The number of nitriles is 1. The molecule has 1 aliphatic heterocycles. The summed E-state index contributed by atoms with van der Waals surface area (Å²) in [6.45, 7) is 1.88. The first-order valence-corrected chi connectivity index (χ1v) is 10.2. The van der Waals surface area contributed by atoms with Gasteiger partial charge < -0.3 is 20.2 Å². The van der Waals surface area contributed by atoms with Gasteiger partial charge in [0.05, 0.1) is 29.5 Å². The number of fused-ring (bicyclic) bond motifs is 1. The van der Waals surface area contributed by atoms with Crippen LogP contribution < -0.4 is 15.0 Å². The van der Waals surface area contributed by atoms with Crippen molar-refractivity contribution >= 4 is 39.7 Å². The first-order valence-electron chi connectivity index (χ1n) is 9.84. The summed E-state index contributed by atoms with van der Waals surface area (Å²) in [7, 11) is 1.58. The van der Waals surface area contributed by atoms with Crippen LogP contribution in [-0.2, 0) is 6.54 Å². The molecule has 0 radical (unpaired) electrons. The van der Waals surface area contributed by atoms with E-state index in [1.165, 1.54) is 0 Å². The molecule has 0 spiro atoms. The Bertz CT molecular complexity index is 1180. The van der Waals surface area contributed by atoms with E-state index < -0.39 is 0 Å². The molecule has 0 bridgehead atoms. The van der Waals surface area contributed by atoms with E-state index in [1.54, 1.807) is 13.2 Å². The molecule has 158 valence electrons. The fourth-order valence-corrected chi connectivity index (χ4v) is 3.94. The van der Waals surface area contributed by atoms with Gasteiger partial charge in [-0.25, -0.2) is 0 Å². The number of methoxy groups -OCH3 is 1. The van der Waals surface area contributed by atoms with Crippen molar-refractivity contribution in [3.63, 3.8) is 0 Å². The molecule has 1 aliphatic rings. The highest BCUT2D eigenvalue weighted by atomic mass is 35.5. The summed E-state index contributed by atoms with van der Waals surface area (Å²) in [5.41, 5.74) is 2.31. The van der Waals surface area contributed by atoms with Gasteiger partial charge in [-0.1, -0.05) is 22.8 Å². The molecule has 0 amide bonds. The maximum absolute atomic E-state index is 9.37. The van der Waals surface area contributed by atoms with E-state index >= 15 is 0 Å². The summed E-state index contributed by atoms with van der Waals surface area (Å²) in [5.74, 6) is 1.97. The monoisotopic (exact) mass is 436 g/mol. The number of ether oxygens (including phenoxy) is 1. The molecular weight excluding hydrogens is 416 g/mol. The third-order valence-corrected chi connectivity index (χ3v) is 5.64. The van der Waals surface area contributed by atoms with Crippen molar-refractivity contribution in [2.24, 2.45) is 5.16 Å². The minimum Gasteiger partial charge on any atom is -0.495 e. The molecule has 8 nitrogen and oxygen atoms in total. The molecule has 31 heavy (non-hydrogen) atoms. The number of hydrogen-bond donors (Lipinski definition) is 2. The summed E-state index contributed by atoms with van der Waals surface area (Å²) in [6, 6.07) is 13.3. The van der Waals surface area contributed by atoms with E-state index in [1.807, 2.05) is 30.3 Å². The molecular formula is C22H21ClN6O2. The van der Waals surface area contributed by atoms with Crippen LogP contribution in [0.25, 0.3) is 10.8 Å². The van der Waals surface area contributed by atoms with Crippen LogP contribution in [-0.4, -0.2) is 41.3 Å². The second-order valence-corrected chi connectivity index (χ2v) is 7.63. The zero-order chi connectivity index (χ0) is 21.8. The van der Waals surface area contributed by atoms with E-state index in [4.69, 9.17) is 21.5 Å². The Labute approximate surface area is 184 Å². The summed E-state index contributed by atoms with van der Waals surface area (Å²) in [5, 5.41) is 36.2. The summed E-state index contributed by atoms with van der Waals surface area (Å²) in [6.07, 6.45) is 1.35. The van der Waals surface area contributed by atoms with E-state index in [-0.39, 0.29) is 0 Å². The molecule has 1 fully saturated rings. The molecule has 1 saturated heterocycles. The number of rotatable bonds is 5. The van der Waals surface area contributed by atoms with Gasteiger partial charge in [0.15, 0.2) is 11.6 Å². The Hall–Kier alpha value is -3.57. The number of oxime groups is 1. The number of hydrogen-bond acceptors (Lipinski definition) is 8. The van der Waals surface area contributed by atoms with E-state index in [0.717, 1.165) is 27.9 Å². The minimum atomic E-state index is 0.490. The van der Waals surface area contributed by atoms with Crippen LogP contribution in [0.1, 0.15) is 24.0 Å². The van der Waals surface area contributed by atoms with Crippen LogP contribution in [0.5, 0.6) is 5.75 Å². The Kier molecular flexibility index (Phi) is 6.05. The van der Waals surface area contributed by atoms with Gasteiger partial charge >= 0.3 is 0 Å². The van der Waals surface area contributed by atoms with Crippen molar-refractivity contribution in [2.45, 2.75) is 19.4 Å². The fraction of sp³-hybridized carbons (Fsp3) is 0.273. The normalized spacial score (nSPS) is 13.7. The van der Waals surface area contributed by atoms with E-state index in [2.05, 4.69) is 31.6 Å². The zero-order valence-corrected chi connectivity index (χ0v) is 17.7. The Balaban J connectivity index is 1.65. The lowest BCUT2D eigenvalue weighted by molar-refractivity contribution is 0.315. The van der Waals surface area contributed by atoms with E-state index in [9.17, 15) is 5.26 Å². The molecule has 2 N–H and O–H groups in total. The van der Waals surface area contributed by atoms with Crippen molar-refractivity contribution in [3.8, 4) is 11.8 Å². The predicted molar refractivity (Wildman–Crippen MR) is 120 cm³/mol. The Morgan fingerprint density at radius 2 is 2.00 bits per heavy atom. The SMILES string of the molecule is COc1ccc(CNc2nnc(N3CCC(=NO)CC3)c3ccc(C#N)cc23)cc1Cl. The van der Waals surface area contributed by atoms with Gasteiger partial charge in [0.1, 0.15) is 5.75 Å². The molecule has 0 aliphatic carbocycles. The van der Waals surface area contributed by atoms with Crippen LogP contribution in [0.2, 0.25) is 5.02 Å². The van der Waals surface area contributed by atoms with Crippen molar-refractivity contribution in [2.75, 3.05) is 30.4 Å². The Morgan fingerprint density at radius 1 is 1.19 bits per heavy atom. The second kappa shape index (κ2) is 9.06. The molecule has 1 aromatic heterocycles. The van der Waals surface area contributed by atoms with Gasteiger partial charge in [0.25, 0.3) is 0 Å². The number of piperidine rings is 1. The number of aromatic nitrogens is 2. The van der Waals surface area contributed by atoms with Gasteiger partial charge in [-0.05, 0) is 35.9 Å². The van der Waals surface area contributed by atoms with Crippen molar-refractivity contribution in [1.82, 2.24) is 10.2 Å². The minimum absolute atomic E-state index is 0.490. The largest absolute Gasteiger partial charge is 0.495 e. The van der Waals surface area contributed by atoms with Gasteiger partial charge in [0.2, 0.25) is 0 Å². The lowest BCUT2D eigenvalue weighted by Crippen LogP contribution is -2.34. The zero-order valence-electron chi connectivity index (χ0n) is 17.0. The highest BCUT2D eigenvalue weighted by molar-refractivity contribution is 6.32. The summed E-state index contributed by atoms with van der Waals surface area (Å²) < 4.78 is 5.20. The number of nitrogens with one attached hydrogen (secondary N) is 1. The standard InChI is InChI=1S/C22H21ClN6O2/c1-31-20-5-3-15(11-19(20)23)13-25-21-18-10-14(12-24)2-4-17(18)22(27-26-21)29-8-6-16(28-30)7-9-29/h2-5,10-11,30H,6-9,13H2,1H3,(H,25,26). The van der Waals surface area contributed by atoms with Gasteiger partial charge in [-0.15, -0.1) is 10.2 Å². The van der Waals surface area contributed by atoms with Gasteiger partial charge in [-0.2, -0.15) is 5.26 Å². The van der Waals surface area contributed by atoms with Crippen LogP contribution in [0.15, 0.2) is 41.6 Å². The molecule has 4 rings (SSSR count). The summed E-state index contributed by atoms with van der Waals surface area (Å²) in [4.78, 5) is 2.13. The lowest BCUT2D eigenvalue weighted by Gasteiger charge is -2.29. The number of nitrogens with zero attached hydrogens (tertiary/aromatic N) is 5. The predicted octanol–water partition coefficient (Wildman–Crippen LogP) is 4.21. The highest BCUT2D eigenvalue weighted by Crippen LogP contribution is 2.31. The number of anilines is 2. The van der Waals surface area contributed by atoms with Gasteiger partial charge in [0, 0.05) is 43.2 Å². The maximum Gasteiger partial charge on any atom is 0.159 e. The summed E-state index contributed by atoms with van der Waals surface area (Å²) >= 11 is 6.23. The van der Waals surface area contributed by atoms with Crippen LogP contribution in [0, 0.1) is 11.3 Å². The topological polar surface area (TPSA) is 107 Å². The molecule has 0 atom stereocenters. The van der Waals surface area contributed by atoms with Crippen molar-refractivity contribution in [1.29, 1.82) is 5.26 Å². The van der Waals surface area contributed by atoms with Crippen molar-refractivity contribution < 1.29 is 9.94 Å². The average molecular weight is 437 g/mol. The smallest absolute Gasteiger partial charge is 0.159 e. The third-order valence-electron chi connectivity index (χ3n) is 5.35. The average Bonchev–Trinajstić information content (AvgIpc) is 2.82. The molecule has 0 saturated carbocycles. The molecule has 3 aromatic rings. The van der Waals surface area contributed by atoms with E-state index in [0.29, 0.717) is 54.6 Å². The van der Waals surface area contributed by atoms with Crippen molar-refractivity contribution in [3.05, 3.63) is 52.5 Å². The Morgan fingerprint density at radius 3 is 2.68 bits per heavy atom. The molecule has 2 aromatic carbocycles. The lowest BCUT2D eigenvalue weighted by atomic mass is 10.1. The number of benzene rings is 2. The van der Waals surface area contributed by atoms with Crippen LogP contribution in [0.3, 0.4) is 0 Å². The molecule has 2 heterocycles. The van der Waals surface area contributed by atoms with Crippen LogP contribution >= 0.6 is 11.6 Å². The maximum atomic E-state index is 9.37. The number of halogens is 1. The molecule has 9 heteroatoms. The first-order chi connectivity index (χ1) is 15.1. The second-order valence-electron chi connectivity index (χ2n) is 7.22. The third kappa shape index (κ3) is 4.32.